The molecule has 4 rings (SSSR count). The lowest BCUT2D eigenvalue weighted by atomic mass is 9.86. The molecular formula is C25H29N5O3. The van der Waals surface area contributed by atoms with E-state index in [0.29, 0.717) is 23.8 Å². The van der Waals surface area contributed by atoms with Gasteiger partial charge < -0.3 is 25.9 Å². The average molecular weight is 448 g/mol. The second-order valence-electron chi connectivity index (χ2n) is 8.31. The number of hydrogen-bond acceptors (Lipinski definition) is 6. The van der Waals surface area contributed by atoms with Crippen LogP contribution in [-0.4, -0.2) is 41.3 Å². The van der Waals surface area contributed by atoms with Crippen LogP contribution in [0, 0.1) is 0 Å². The second-order valence-corrected chi connectivity index (χ2v) is 8.31. The lowest BCUT2D eigenvalue weighted by Gasteiger charge is -2.21. The topological polar surface area (TPSA) is 130 Å². The molecule has 5 N–H and O–H groups in total. The van der Waals surface area contributed by atoms with Crippen LogP contribution in [0.15, 0.2) is 74.0 Å². The first kappa shape index (κ1) is 22.5. The molecule has 1 atom stereocenters. The van der Waals surface area contributed by atoms with E-state index in [1.807, 2.05) is 30.3 Å². The van der Waals surface area contributed by atoms with E-state index in [2.05, 4.69) is 15.1 Å². The van der Waals surface area contributed by atoms with Gasteiger partial charge in [0.1, 0.15) is 11.3 Å². The number of benzene rings is 2. The Bertz CT molecular complexity index is 1210. The van der Waals surface area contributed by atoms with Crippen LogP contribution in [0.5, 0.6) is 5.75 Å². The first-order chi connectivity index (χ1) is 16.0. The summed E-state index contributed by atoms with van der Waals surface area (Å²) in [4.78, 5) is 15.4. The first-order valence-electron chi connectivity index (χ1n) is 11.2. The SMILES string of the molecule is NC(N)=N/N=C(/CCN1CCCC1)CC(c1ccccc1)c1c(O)c2ccccc2oc1=O. The molecule has 3 aromatic rings. The first-order valence-corrected chi connectivity index (χ1v) is 11.2. The molecule has 1 aromatic heterocycles. The average Bonchev–Trinajstić information content (AvgIpc) is 3.34. The van der Waals surface area contributed by atoms with Crippen LogP contribution in [0.4, 0.5) is 0 Å². The van der Waals surface area contributed by atoms with Crippen LogP contribution in [-0.2, 0) is 0 Å². The minimum Gasteiger partial charge on any atom is -0.507 e. The Morgan fingerprint density at radius 3 is 2.45 bits per heavy atom. The number of rotatable bonds is 8. The number of likely N-dealkylation sites (tertiary alicyclic amines) is 1. The van der Waals surface area contributed by atoms with Crippen LogP contribution in [0.1, 0.15) is 42.7 Å². The molecule has 8 heteroatoms. The van der Waals surface area contributed by atoms with Gasteiger partial charge in [0.25, 0.3) is 0 Å². The standard InChI is InChI=1S/C25H29N5O3/c26-25(27)29-28-18(12-15-30-13-6-7-14-30)16-20(17-8-2-1-3-9-17)22-23(31)19-10-4-5-11-21(19)33-24(22)32/h1-5,8-11,20,31H,6-7,12-16H2,(H4,26,27,29)/b28-18-. The maximum Gasteiger partial charge on any atom is 0.343 e. The van der Waals surface area contributed by atoms with Crippen molar-refractivity contribution in [2.75, 3.05) is 19.6 Å². The van der Waals surface area contributed by atoms with E-state index < -0.39 is 11.5 Å². The molecule has 2 aromatic carbocycles. The molecule has 0 saturated carbocycles. The summed E-state index contributed by atoms with van der Waals surface area (Å²) in [6.45, 7) is 2.96. The third kappa shape index (κ3) is 5.40. The highest BCUT2D eigenvalue weighted by atomic mass is 16.4. The predicted molar refractivity (Wildman–Crippen MR) is 131 cm³/mol. The van der Waals surface area contributed by atoms with Crippen molar-refractivity contribution in [2.24, 2.45) is 21.7 Å². The fourth-order valence-corrected chi connectivity index (χ4v) is 4.38. The summed E-state index contributed by atoms with van der Waals surface area (Å²) in [6.07, 6.45) is 3.41. The molecular weight excluding hydrogens is 418 g/mol. The monoisotopic (exact) mass is 447 g/mol. The zero-order valence-corrected chi connectivity index (χ0v) is 18.5. The lowest BCUT2D eigenvalue weighted by Crippen LogP contribution is -2.25. The Hall–Kier alpha value is -3.65. The molecule has 1 aliphatic heterocycles. The summed E-state index contributed by atoms with van der Waals surface area (Å²) in [5.74, 6) is -0.673. The summed E-state index contributed by atoms with van der Waals surface area (Å²) in [5.41, 5.74) is 12.7. The van der Waals surface area contributed by atoms with Gasteiger partial charge in [-0.2, -0.15) is 5.10 Å². The maximum atomic E-state index is 13.0. The highest BCUT2D eigenvalue weighted by Gasteiger charge is 2.26. The summed E-state index contributed by atoms with van der Waals surface area (Å²) >= 11 is 0. The van der Waals surface area contributed by atoms with Crippen molar-refractivity contribution >= 4 is 22.6 Å². The Morgan fingerprint density at radius 1 is 1.03 bits per heavy atom. The van der Waals surface area contributed by atoms with E-state index in [4.69, 9.17) is 15.9 Å². The Labute approximate surface area is 192 Å². The molecule has 0 aliphatic carbocycles. The molecule has 0 amide bonds. The van der Waals surface area contributed by atoms with Crippen molar-refractivity contribution in [3.05, 3.63) is 76.1 Å². The van der Waals surface area contributed by atoms with Gasteiger partial charge in [-0.3, -0.25) is 0 Å². The molecule has 8 nitrogen and oxygen atoms in total. The molecule has 0 spiro atoms. The zero-order valence-electron chi connectivity index (χ0n) is 18.5. The summed E-state index contributed by atoms with van der Waals surface area (Å²) < 4.78 is 5.57. The van der Waals surface area contributed by atoms with Crippen LogP contribution >= 0.6 is 0 Å². The number of nitrogens with zero attached hydrogens (tertiary/aromatic N) is 3. The number of para-hydroxylation sites is 1. The van der Waals surface area contributed by atoms with E-state index in [1.54, 1.807) is 24.3 Å². The van der Waals surface area contributed by atoms with Gasteiger partial charge in [0, 0.05) is 24.6 Å². The summed E-state index contributed by atoms with van der Waals surface area (Å²) in [7, 11) is 0. The fraction of sp³-hybridized carbons (Fsp3) is 0.320. The van der Waals surface area contributed by atoms with Gasteiger partial charge in [0.05, 0.1) is 10.9 Å². The van der Waals surface area contributed by atoms with Crippen LogP contribution < -0.4 is 17.1 Å². The Balaban J connectivity index is 1.75. The van der Waals surface area contributed by atoms with E-state index in [9.17, 15) is 9.90 Å². The van der Waals surface area contributed by atoms with Gasteiger partial charge in [-0.05, 0) is 50.0 Å². The Morgan fingerprint density at radius 2 is 1.73 bits per heavy atom. The van der Waals surface area contributed by atoms with Gasteiger partial charge in [-0.25, -0.2) is 4.79 Å². The van der Waals surface area contributed by atoms with Crippen molar-refractivity contribution < 1.29 is 9.52 Å². The van der Waals surface area contributed by atoms with Crippen LogP contribution in [0.25, 0.3) is 11.0 Å². The molecule has 1 fully saturated rings. The smallest absolute Gasteiger partial charge is 0.343 e. The number of nitrogens with two attached hydrogens (primary N) is 2. The molecule has 1 unspecified atom stereocenters. The van der Waals surface area contributed by atoms with Gasteiger partial charge in [0.15, 0.2) is 0 Å². The third-order valence-corrected chi connectivity index (χ3v) is 6.03. The zero-order chi connectivity index (χ0) is 23.2. The number of guanidine groups is 1. The minimum atomic E-state index is -0.569. The van der Waals surface area contributed by atoms with E-state index in [-0.39, 0.29) is 17.3 Å². The second kappa shape index (κ2) is 10.3. The highest BCUT2D eigenvalue weighted by molar-refractivity contribution is 5.88. The maximum absolute atomic E-state index is 13.0. The number of fused-ring (bicyclic) bond motifs is 1. The van der Waals surface area contributed by atoms with Crippen LogP contribution in [0.2, 0.25) is 0 Å². The predicted octanol–water partition coefficient (Wildman–Crippen LogP) is 3.14. The summed E-state index contributed by atoms with van der Waals surface area (Å²) in [5, 5.41) is 19.8. The molecule has 2 heterocycles. The molecule has 33 heavy (non-hydrogen) atoms. The third-order valence-electron chi connectivity index (χ3n) is 6.03. The van der Waals surface area contributed by atoms with Gasteiger partial charge in [-0.1, -0.05) is 42.5 Å². The highest BCUT2D eigenvalue weighted by Crippen LogP contribution is 2.36. The van der Waals surface area contributed by atoms with Gasteiger partial charge in [0.2, 0.25) is 5.96 Å². The number of aromatic hydroxyl groups is 1. The molecule has 172 valence electrons. The molecule has 1 aliphatic rings. The van der Waals surface area contributed by atoms with E-state index in [1.165, 1.54) is 12.8 Å². The van der Waals surface area contributed by atoms with Crippen molar-refractivity contribution in [3.63, 3.8) is 0 Å². The quantitative estimate of drug-likeness (QED) is 0.210. The van der Waals surface area contributed by atoms with Gasteiger partial charge in [-0.15, -0.1) is 5.10 Å². The normalized spacial score (nSPS) is 15.6. The van der Waals surface area contributed by atoms with Crippen molar-refractivity contribution in [3.8, 4) is 5.75 Å². The molecule has 1 saturated heterocycles. The minimum absolute atomic E-state index is 0.0727. The van der Waals surface area contributed by atoms with Gasteiger partial charge >= 0.3 is 5.63 Å². The van der Waals surface area contributed by atoms with Crippen LogP contribution in [0.3, 0.4) is 0 Å². The van der Waals surface area contributed by atoms with Crippen molar-refractivity contribution in [1.82, 2.24) is 4.90 Å². The van der Waals surface area contributed by atoms with E-state index in [0.717, 1.165) is 30.9 Å². The number of hydrogen-bond donors (Lipinski definition) is 3. The lowest BCUT2D eigenvalue weighted by molar-refractivity contribution is 0.349. The Kier molecular flexibility index (Phi) is 7.04. The molecule has 0 radical (unpaired) electrons. The van der Waals surface area contributed by atoms with E-state index >= 15 is 0 Å². The van der Waals surface area contributed by atoms with Crippen molar-refractivity contribution in [1.29, 1.82) is 0 Å². The molecule has 0 bridgehead atoms. The summed E-state index contributed by atoms with van der Waals surface area (Å²) in [6, 6.07) is 16.5. The fourth-order valence-electron chi connectivity index (χ4n) is 4.38. The largest absolute Gasteiger partial charge is 0.507 e. The van der Waals surface area contributed by atoms with Crippen molar-refractivity contribution in [2.45, 2.75) is 31.6 Å².